The fourth-order valence-electron chi connectivity index (χ4n) is 2.45. The van der Waals surface area contributed by atoms with Gasteiger partial charge in [0.15, 0.2) is 0 Å². The van der Waals surface area contributed by atoms with Crippen LogP contribution in [0.5, 0.6) is 0 Å². The fourth-order valence-corrected chi connectivity index (χ4v) is 5.84. The minimum atomic E-state index is -0.401. The van der Waals surface area contributed by atoms with E-state index in [0.717, 1.165) is 11.1 Å². The molecule has 0 amide bonds. The van der Waals surface area contributed by atoms with E-state index in [4.69, 9.17) is 18.9 Å². The third-order valence-corrected chi connectivity index (χ3v) is 7.59. The van der Waals surface area contributed by atoms with Gasteiger partial charge in [0.05, 0.1) is 33.8 Å². The number of hydrogen-bond acceptors (Lipinski definition) is 9. The van der Waals surface area contributed by atoms with E-state index in [1.54, 1.807) is 48.3 Å². The molecule has 2 unspecified atom stereocenters. The summed E-state index contributed by atoms with van der Waals surface area (Å²) in [6.07, 6.45) is -0.184. The second-order valence-corrected chi connectivity index (χ2v) is 10.8. The SMILES string of the molecule is C=C(C)C(=O)OCCOC(C)c1csc(Sc2cc(C(C)OCCOC(=O)C(=C)C)cs2)c1. The normalized spacial score (nSPS) is 12.7. The Kier molecular flexibility index (Phi) is 11.4. The van der Waals surface area contributed by atoms with Crippen LogP contribution in [0.1, 0.15) is 51.0 Å². The molecule has 0 aliphatic heterocycles. The maximum Gasteiger partial charge on any atom is 0.333 e. The zero-order chi connectivity index (χ0) is 24.4. The molecule has 2 rings (SSSR count). The molecule has 0 spiro atoms. The van der Waals surface area contributed by atoms with E-state index >= 15 is 0 Å². The lowest BCUT2D eigenvalue weighted by Crippen LogP contribution is -2.12. The Hall–Kier alpha value is -1.91. The van der Waals surface area contributed by atoms with Gasteiger partial charge in [-0.15, -0.1) is 22.7 Å². The van der Waals surface area contributed by atoms with Gasteiger partial charge in [0.2, 0.25) is 0 Å². The van der Waals surface area contributed by atoms with Gasteiger partial charge in [0.25, 0.3) is 0 Å². The van der Waals surface area contributed by atoms with Gasteiger partial charge in [-0.05, 0) is 61.7 Å². The van der Waals surface area contributed by atoms with Crippen molar-refractivity contribution >= 4 is 46.4 Å². The summed E-state index contributed by atoms with van der Waals surface area (Å²) in [5.74, 6) is -0.802. The van der Waals surface area contributed by atoms with Crippen molar-refractivity contribution in [1.82, 2.24) is 0 Å². The zero-order valence-electron chi connectivity index (χ0n) is 19.4. The highest BCUT2D eigenvalue weighted by Gasteiger charge is 2.13. The number of carbonyl (C=O) groups excluding carboxylic acids is 2. The van der Waals surface area contributed by atoms with Gasteiger partial charge >= 0.3 is 11.9 Å². The average molecular weight is 511 g/mol. The van der Waals surface area contributed by atoms with Crippen LogP contribution in [-0.4, -0.2) is 38.4 Å². The smallest absolute Gasteiger partial charge is 0.333 e. The number of hydrogen-bond donors (Lipinski definition) is 0. The Morgan fingerprint density at radius 2 is 1.21 bits per heavy atom. The minimum Gasteiger partial charge on any atom is -0.460 e. The first kappa shape index (κ1) is 27.3. The van der Waals surface area contributed by atoms with Crippen LogP contribution in [-0.2, 0) is 28.5 Å². The van der Waals surface area contributed by atoms with Crippen LogP contribution in [0.2, 0.25) is 0 Å². The summed E-state index contributed by atoms with van der Waals surface area (Å²) < 4.78 is 24.0. The highest BCUT2D eigenvalue weighted by molar-refractivity contribution is 8.02. The Morgan fingerprint density at radius 1 is 0.818 bits per heavy atom. The third kappa shape index (κ3) is 9.46. The van der Waals surface area contributed by atoms with E-state index in [1.165, 1.54) is 8.42 Å². The summed E-state index contributed by atoms with van der Waals surface area (Å²) in [6.45, 7) is 15.4. The molecule has 2 aromatic rings. The van der Waals surface area contributed by atoms with Crippen molar-refractivity contribution in [2.75, 3.05) is 26.4 Å². The molecule has 0 fully saturated rings. The molecular weight excluding hydrogens is 480 g/mol. The molecule has 0 N–H and O–H groups in total. The van der Waals surface area contributed by atoms with E-state index < -0.39 is 11.9 Å². The van der Waals surface area contributed by atoms with Crippen LogP contribution in [0.3, 0.4) is 0 Å². The first-order chi connectivity index (χ1) is 15.7. The molecule has 0 saturated heterocycles. The van der Waals surface area contributed by atoms with Crippen LogP contribution in [0.4, 0.5) is 0 Å². The molecule has 0 bridgehead atoms. The third-order valence-electron chi connectivity index (χ3n) is 4.40. The molecule has 0 aliphatic carbocycles. The summed E-state index contributed by atoms with van der Waals surface area (Å²) in [5, 5.41) is 4.17. The maximum absolute atomic E-state index is 11.4. The summed E-state index contributed by atoms with van der Waals surface area (Å²) >= 11 is 5.03. The van der Waals surface area contributed by atoms with Crippen molar-refractivity contribution < 1.29 is 28.5 Å². The quantitative estimate of drug-likeness (QED) is 0.166. The molecule has 9 heteroatoms. The molecule has 0 aliphatic rings. The van der Waals surface area contributed by atoms with Crippen molar-refractivity contribution in [1.29, 1.82) is 0 Å². The molecule has 2 atom stereocenters. The van der Waals surface area contributed by atoms with Gasteiger partial charge in [-0.25, -0.2) is 9.59 Å². The van der Waals surface area contributed by atoms with E-state index in [-0.39, 0.29) is 25.4 Å². The number of rotatable bonds is 14. The first-order valence-corrected chi connectivity index (χ1v) is 13.0. The minimum absolute atomic E-state index is 0.0922. The fraction of sp³-hybridized carbons (Fsp3) is 0.417. The van der Waals surface area contributed by atoms with E-state index in [0.29, 0.717) is 24.4 Å². The Morgan fingerprint density at radius 3 is 1.58 bits per heavy atom. The van der Waals surface area contributed by atoms with Crippen molar-refractivity contribution in [2.45, 2.75) is 48.3 Å². The van der Waals surface area contributed by atoms with Crippen molar-refractivity contribution in [3.05, 3.63) is 58.3 Å². The average Bonchev–Trinajstić information content (AvgIpc) is 3.43. The highest BCUT2D eigenvalue weighted by atomic mass is 32.2. The van der Waals surface area contributed by atoms with Crippen molar-refractivity contribution in [3.8, 4) is 0 Å². The predicted molar refractivity (Wildman–Crippen MR) is 133 cm³/mol. The first-order valence-electron chi connectivity index (χ1n) is 10.4. The lowest BCUT2D eigenvalue weighted by molar-refractivity contribution is -0.141. The van der Waals surface area contributed by atoms with Gasteiger partial charge < -0.3 is 18.9 Å². The molecule has 0 radical (unpaired) electrons. The van der Waals surface area contributed by atoms with Gasteiger partial charge in [-0.3, -0.25) is 0 Å². The summed E-state index contributed by atoms with van der Waals surface area (Å²) in [6, 6.07) is 4.24. The Balaban J connectivity index is 1.76. The number of ether oxygens (including phenoxy) is 4. The second kappa shape index (κ2) is 13.7. The number of carbonyl (C=O) groups is 2. The van der Waals surface area contributed by atoms with Crippen LogP contribution in [0.15, 0.2) is 55.6 Å². The summed E-state index contributed by atoms with van der Waals surface area (Å²) in [4.78, 5) is 22.8. The summed E-state index contributed by atoms with van der Waals surface area (Å²) in [7, 11) is 0. The topological polar surface area (TPSA) is 71.1 Å². The van der Waals surface area contributed by atoms with Gasteiger partial charge in [0, 0.05) is 11.1 Å². The van der Waals surface area contributed by atoms with Crippen LogP contribution >= 0.6 is 34.4 Å². The van der Waals surface area contributed by atoms with Crippen LogP contribution in [0.25, 0.3) is 0 Å². The lowest BCUT2D eigenvalue weighted by Gasteiger charge is -2.12. The predicted octanol–water partition coefficient (Wildman–Crippen LogP) is 6.35. The van der Waals surface area contributed by atoms with Crippen LogP contribution < -0.4 is 0 Å². The standard InChI is InChI=1S/C24H30O6S3/c1-15(2)23(25)29-9-7-27-17(5)19-11-21(31-13-19)33-22-12-20(14-32-22)18(6)28-8-10-30-24(26)16(3)4/h11-14,17-18H,1,3,7-10H2,2,4-6H3. The van der Waals surface area contributed by atoms with E-state index in [1.807, 2.05) is 13.8 Å². The van der Waals surface area contributed by atoms with Gasteiger partial charge in [-0.1, -0.05) is 24.9 Å². The number of thiophene rings is 2. The van der Waals surface area contributed by atoms with Crippen LogP contribution in [0, 0.1) is 0 Å². The molecule has 0 aromatic carbocycles. The van der Waals surface area contributed by atoms with Crippen molar-refractivity contribution in [3.63, 3.8) is 0 Å². The van der Waals surface area contributed by atoms with Gasteiger partial charge in [-0.2, -0.15) is 0 Å². The Bertz CT molecular complexity index is 885. The van der Waals surface area contributed by atoms with E-state index in [9.17, 15) is 9.59 Å². The second-order valence-electron chi connectivity index (χ2n) is 7.36. The highest BCUT2D eigenvalue weighted by Crippen LogP contribution is 2.39. The maximum atomic E-state index is 11.4. The van der Waals surface area contributed by atoms with Crippen molar-refractivity contribution in [2.24, 2.45) is 0 Å². The zero-order valence-corrected chi connectivity index (χ0v) is 21.8. The number of esters is 2. The largest absolute Gasteiger partial charge is 0.460 e. The molecule has 33 heavy (non-hydrogen) atoms. The monoisotopic (exact) mass is 510 g/mol. The molecule has 6 nitrogen and oxygen atoms in total. The molecule has 180 valence electrons. The van der Waals surface area contributed by atoms with Gasteiger partial charge in [0.1, 0.15) is 13.2 Å². The summed E-state index contributed by atoms with van der Waals surface area (Å²) in [5.41, 5.74) is 2.94. The molecule has 2 heterocycles. The van der Waals surface area contributed by atoms with E-state index in [2.05, 4.69) is 36.1 Å². The lowest BCUT2D eigenvalue weighted by atomic mass is 10.2. The Labute approximate surface area is 207 Å². The molecule has 2 aromatic heterocycles. The molecular formula is C24H30O6S3. The molecule has 0 saturated carbocycles.